The molecule has 1 N–H and O–H groups in total. The Balaban J connectivity index is 2.14. The number of piperidine rings is 1. The number of carbonyl (C=O) groups excluding carboxylic acids is 1. The van der Waals surface area contributed by atoms with Gasteiger partial charge in [-0.1, -0.05) is 12.1 Å². The van der Waals surface area contributed by atoms with Crippen molar-refractivity contribution in [1.82, 2.24) is 4.90 Å². The fourth-order valence-corrected chi connectivity index (χ4v) is 3.03. The van der Waals surface area contributed by atoms with E-state index in [2.05, 4.69) is 0 Å². The lowest BCUT2D eigenvalue weighted by molar-refractivity contribution is -0.143. The van der Waals surface area contributed by atoms with Crippen LogP contribution in [-0.2, 0) is 10.5 Å². The van der Waals surface area contributed by atoms with Crippen LogP contribution >= 0.6 is 11.8 Å². The molecule has 1 aliphatic heterocycles. The number of amides is 1. The molecule has 1 amide bonds. The number of carboxylic acid groups (broad SMARTS) is 1. The normalized spacial score (nSPS) is 18.9. The number of hydrogen-bond donors (Lipinski definition) is 1. The average molecular weight is 293 g/mol. The molecule has 108 valence electrons. The Bertz CT molecular complexity index is 486. The highest BCUT2D eigenvalue weighted by Crippen LogP contribution is 2.20. The Morgan fingerprint density at radius 3 is 2.60 bits per heavy atom. The average Bonchev–Trinajstić information content (AvgIpc) is 2.47. The molecule has 0 aliphatic carbocycles. The molecule has 1 saturated heterocycles. The van der Waals surface area contributed by atoms with Crippen LogP contribution in [0.2, 0.25) is 0 Å². The van der Waals surface area contributed by atoms with Crippen molar-refractivity contribution in [3.8, 4) is 0 Å². The third kappa shape index (κ3) is 3.33. The van der Waals surface area contributed by atoms with Crippen molar-refractivity contribution in [2.75, 3.05) is 12.8 Å². The quantitative estimate of drug-likeness (QED) is 0.927. The summed E-state index contributed by atoms with van der Waals surface area (Å²) in [4.78, 5) is 25.2. The second-order valence-corrected chi connectivity index (χ2v) is 5.84. The smallest absolute Gasteiger partial charge is 0.326 e. The van der Waals surface area contributed by atoms with E-state index >= 15 is 0 Å². The molecule has 0 saturated carbocycles. The molecule has 0 spiro atoms. The van der Waals surface area contributed by atoms with E-state index in [0.29, 0.717) is 18.5 Å². The summed E-state index contributed by atoms with van der Waals surface area (Å²) in [6.45, 7) is 0.530. The molecule has 0 bridgehead atoms. The lowest BCUT2D eigenvalue weighted by Crippen LogP contribution is -2.47. The molecule has 0 aromatic heterocycles. The predicted molar refractivity (Wildman–Crippen MR) is 80.0 cm³/mol. The number of nitrogens with zero attached hydrogens (tertiary/aromatic N) is 1. The summed E-state index contributed by atoms with van der Waals surface area (Å²) < 4.78 is 0. The van der Waals surface area contributed by atoms with Crippen molar-refractivity contribution in [2.24, 2.45) is 0 Å². The van der Waals surface area contributed by atoms with Gasteiger partial charge in [0.15, 0.2) is 0 Å². The molecule has 4 nitrogen and oxygen atoms in total. The van der Waals surface area contributed by atoms with Gasteiger partial charge < -0.3 is 10.0 Å². The zero-order chi connectivity index (χ0) is 14.5. The van der Waals surface area contributed by atoms with E-state index in [1.165, 1.54) is 10.5 Å². The van der Waals surface area contributed by atoms with E-state index in [1.807, 2.05) is 18.4 Å². The van der Waals surface area contributed by atoms with E-state index < -0.39 is 12.0 Å². The van der Waals surface area contributed by atoms with Gasteiger partial charge >= 0.3 is 5.97 Å². The van der Waals surface area contributed by atoms with E-state index in [1.54, 1.807) is 23.9 Å². The molecular formula is C15H19NO3S. The SMILES string of the molecule is CSCc1ccc(C(=O)N2CCCC[C@@H]2C(=O)O)cc1. The standard InChI is InChI=1S/C15H19NO3S/c1-20-10-11-5-7-12(8-6-11)14(17)16-9-3-2-4-13(16)15(18)19/h5-8,13H,2-4,9-10H2,1H3,(H,18,19)/t13-/m1/s1. The molecule has 2 rings (SSSR count). The van der Waals surface area contributed by atoms with Crippen LogP contribution in [0, 0.1) is 0 Å². The molecule has 1 aromatic rings. The molecular weight excluding hydrogens is 274 g/mol. The second kappa shape index (κ2) is 6.79. The molecule has 5 heteroatoms. The Morgan fingerprint density at radius 2 is 2.00 bits per heavy atom. The Morgan fingerprint density at radius 1 is 1.30 bits per heavy atom. The summed E-state index contributed by atoms with van der Waals surface area (Å²) in [7, 11) is 0. The van der Waals surface area contributed by atoms with Gasteiger partial charge in [-0.3, -0.25) is 4.79 Å². The number of hydrogen-bond acceptors (Lipinski definition) is 3. The van der Waals surface area contributed by atoms with Crippen LogP contribution in [0.25, 0.3) is 0 Å². The van der Waals surface area contributed by atoms with Gasteiger partial charge in [0.05, 0.1) is 0 Å². The first-order chi connectivity index (χ1) is 9.63. The molecule has 0 unspecified atom stereocenters. The fourth-order valence-electron chi connectivity index (χ4n) is 2.51. The topological polar surface area (TPSA) is 57.6 Å². The summed E-state index contributed by atoms with van der Waals surface area (Å²) in [5, 5.41) is 9.22. The molecule has 1 aromatic carbocycles. The first kappa shape index (κ1) is 14.9. The lowest BCUT2D eigenvalue weighted by atomic mass is 10.0. The molecule has 1 heterocycles. The minimum Gasteiger partial charge on any atom is -0.480 e. The summed E-state index contributed by atoms with van der Waals surface area (Å²) in [5.41, 5.74) is 1.74. The highest BCUT2D eigenvalue weighted by atomic mass is 32.2. The van der Waals surface area contributed by atoms with Crippen LogP contribution in [-0.4, -0.2) is 40.7 Å². The van der Waals surface area contributed by atoms with Gasteiger partial charge in [0, 0.05) is 17.9 Å². The van der Waals surface area contributed by atoms with Crippen molar-refractivity contribution in [1.29, 1.82) is 0 Å². The van der Waals surface area contributed by atoms with Crippen molar-refractivity contribution >= 4 is 23.6 Å². The Kier molecular flexibility index (Phi) is 5.06. The summed E-state index contributed by atoms with van der Waals surface area (Å²) in [6.07, 6.45) is 4.32. The summed E-state index contributed by atoms with van der Waals surface area (Å²) in [6, 6.07) is 6.78. The predicted octanol–water partition coefficient (Wildman–Crippen LogP) is 2.63. The highest BCUT2D eigenvalue weighted by Gasteiger charge is 2.32. The summed E-state index contributed by atoms with van der Waals surface area (Å²) in [5.74, 6) is -0.166. The minimum absolute atomic E-state index is 0.173. The van der Waals surface area contributed by atoms with E-state index in [4.69, 9.17) is 0 Å². The number of carboxylic acids is 1. The molecule has 0 radical (unpaired) electrons. The van der Waals surface area contributed by atoms with Crippen molar-refractivity contribution in [3.63, 3.8) is 0 Å². The fraction of sp³-hybridized carbons (Fsp3) is 0.467. The lowest BCUT2D eigenvalue weighted by Gasteiger charge is -2.33. The van der Waals surface area contributed by atoms with Crippen LogP contribution in [0.1, 0.15) is 35.2 Å². The van der Waals surface area contributed by atoms with Gasteiger partial charge in [0.2, 0.25) is 0 Å². The Hall–Kier alpha value is -1.49. The van der Waals surface area contributed by atoms with Crippen LogP contribution < -0.4 is 0 Å². The number of benzene rings is 1. The van der Waals surface area contributed by atoms with Crippen LogP contribution in [0.3, 0.4) is 0 Å². The third-order valence-electron chi connectivity index (χ3n) is 3.56. The highest BCUT2D eigenvalue weighted by molar-refractivity contribution is 7.97. The van der Waals surface area contributed by atoms with Crippen LogP contribution in [0.15, 0.2) is 24.3 Å². The van der Waals surface area contributed by atoms with E-state index in [9.17, 15) is 14.7 Å². The monoisotopic (exact) mass is 293 g/mol. The summed E-state index contributed by atoms with van der Waals surface area (Å²) >= 11 is 1.73. The number of rotatable bonds is 4. The van der Waals surface area contributed by atoms with Crippen molar-refractivity contribution in [2.45, 2.75) is 31.1 Å². The van der Waals surface area contributed by atoms with Gasteiger partial charge in [-0.15, -0.1) is 0 Å². The maximum absolute atomic E-state index is 12.4. The Labute approximate surface area is 123 Å². The van der Waals surface area contributed by atoms with Gasteiger partial charge in [0.25, 0.3) is 5.91 Å². The zero-order valence-corrected chi connectivity index (χ0v) is 12.4. The van der Waals surface area contributed by atoms with E-state index in [0.717, 1.165) is 18.6 Å². The van der Waals surface area contributed by atoms with Crippen molar-refractivity contribution < 1.29 is 14.7 Å². The van der Waals surface area contributed by atoms with Crippen LogP contribution in [0.5, 0.6) is 0 Å². The molecule has 1 aliphatic rings. The van der Waals surface area contributed by atoms with Crippen molar-refractivity contribution in [3.05, 3.63) is 35.4 Å². The van der Waals surface area contributed by atoms with Gasteiger partial charge in [-0.05, 0) is 43.2 Å². The third-order valence-corrected chi connectivity index (χ3v) is 4.18. The maximum atomic E-state index is 12.4. The van der Waals surface area contributed by atoms with Gasteiger partial charge in [-0.2, -0.15) is 11.8 Å². The number of aliphatic carboxylic acids is 1. The maximum Gasteiger partial charge on any atom is 0.326 e. The number of thioether (sulfide) groups is 1. The minimum atomic E-state index is -0.906. The second-order valence-electron chi connectivity index (χ2n) is 4.98. The van der Waals surface area contributed by atoms with Crippen LogP contribution in [0.4, 0.5) is 0 Å². The molecule has 1 atom stereocenters. The van der Waals surface area contributed by atoms with E-state index in [-0.39, 0.29) is 5.91 Å². The van der Waals surface area contributed by atoms with Gasteiger partial charge in [0.1, 0.15) is 6.04 Å². The molecule has 1 fully saturated rings. The first-order valence-corrected chi connectivity index (χ1v) is 8.14. The number of likely N-dealkylation sites (tertiary alicyclic amines) is 1. The number of carbonyl (C=O) groups is 2. The molecule has 20 heavy (non-hydrogen) atoms. The van der Waals surface area contributed by atoms with Gasteiger partial charge in [-0.25, -0.2) is 4.79 Å². The zero-order valence-electron chi connectivity index (χ0n) is 11.5. The first-order valence-electron chi connectivity index (χ1n) is 6.75. The largest absolute Gasteiger partial charge is 0.480 e.